The largest absolute Gasteiger partial charge is 0.467 e. The SMILES string of the molecule is Cc1cc(NC(=O)COC(=O)CCC(=O)NCc2ccco2)c(C)cc1Br. The van der Waals surface area contributed by atoms with E-state index in [2.05, 4.69) is 26.6 Å². The van der Waals surface area contributed by atoms with Crippen LogP contribution in [0.25, 0.3) is 0 Å². The van der Waals surface area contributed by atoms with E-state index in [9.17, 15) is 14.4 Å². The quantitative estimate of drug-likeness (QED) is 0.618. The van der Waals surface area contributed by atoms with Crippen molar-refractivity contribution < 1.29 is 23.5 Å². The number of halogens is 1. The minimum atomic E-state index is -0.609. The van der Waals surface area contributed by atoms with Gasteiger partial charge in [0.15, 0.2) is 6.61 Å². The molecule has 0 unspecified atom stereocenters. The fraction of sp³-hybridized carbons (Fsp3) is 0.316. The number of rotatable bonds is 8. The maximum Gasteiger partial charge on any atom is 0.306 e. The zero-order valence-electron chi connectivity index (χ0n) is 15.1. The first-order valence-electron chi connectivity index (χ1n) is 8.36. The first kappa shape index (κ1) is 20.7. The number of furan rings is 1. The molecular weight excluding hydrogens is 416 g/mol. The van der Waals surface area contributed by atoms with Crippen molar-refractivity contribution in [1.29, 1.82) is 0 Å². The number of nitrogens with one attached hydrogen (secondary N) is 2. The maximum absolute atomic E-state index is 11.9. The van der Waals surface area contributed by atoms with Gasteiger partial charge in [-0.15, -0.1) is 0 Å². The van der Waals surface area contributed by atoms with Crippen LogP contribution in [0.1, 0.15) is 29.7 Å². The lowest BCUT2D eigenvalue weighted by molar-refractivity contribution is -0.148. The Labute approximate surface area is 165 Å². The molecule has 1 aromatic heterocycles. The van der Waals surface area contributed by atoms with Crippen LogP contribution in [0.5, 0.6) is 0 Å². The lowest BCUT2D eigenvalue weighted by Gasteiger charge is -2.11. The number of aryl methyl sites for hydroxylation is 2. The van der Waals surface area contributed by atoms with Crippen LogP contribution in [0.3, 0.4) is 0 Å². The van der Waals surface area contributed by atoms with Crippen molar-refractivity contribution >= 4 is 39.4 Å². The van der Waals surface area contributed by atoms with E-state index in [-0.39, 0.29) is 25.3 Å². The lowest BCUT2D eigenvalue weighted by Crippen LogP contribution is -2.25. The van der Waals surface area contributed by atoms with E-state index >= 15 is 0 Å². The summed E-state index contributed by atoms with van der Waals surface area (Å²) < 4.78 is 11.0. The van der Waals surface area contributed by atoms with Gasteiger partial charge < -0.3 is 19.8 Å². The van der Waals surface area contributed by atoms with Gasteiger partial charge in [-0.3, -0.25) is 14.4 Å². The second-order valence-corrected chi connectivity index (χ2v) is 6.84. The Morgan fingerprint density at radius 3 is 2.59 bits per heavy atom. The Hall–Kier alpha value is -2.61. The Balaban J connectivity index is 1.68. The van der Waals surface area contributed by atoms with E-state index in [0.717, 1.165) is 15.6 Å². The summed E-state index contributed by atoms with van der Waals surface area (Å²) >= 11 is 3.43. The van der Waals surface area contributed by atoms with Crippen LogP contribution in [-0.2, 0) is 25.7 Å². The molecule has 2 aromatic rings. The zero-order chi connectivity index (χ0) is 19.8. The van der Waals surface area contributed by atoms with Crippen LogP contribution in [0.15, 0.2) is 39.4 Å². The first-order chi connectivity index (χ1) is 12.8. The molecule has 0 aliphatic heterocycles. The molecule has 144 valence electrons. The third kappa shape index (κ3) is 6.90. The monoisotopic (exact) mass is 436 g/mol. The average Bonchev–Trinajstić information content (AvgIpc) is 3.14. The molecule has 27 heavy (non-hydrogen) atoms. The molecule has 1 aromatic carbocycles. The van der Waals surface area contributed by atoms with Gasteiger partial charge in [-0.2, -0.15) is 0 Å². The molecule has 2 rings (SSSR count). The Kier molecular flexibility index (Phi) is 7.60. The third-order valence-electron chi connectivity index (χ3n) is 3.74. The average molecular weight is 437 g/mol. The van der Waals surface area contributed by atoms with E-state index in [1.165, 1.54) is 6.26 Å². The highest BCUT2D eigenvalue weighted by atomic mass is 79.9. The molecule has 0 atom stereocenters. The highest BCUT2D eigenvalue weighted by Gasteiger charge is 2.12. The third-order valence-corrected chi connectivity index (χ3v) is 4.59. The molecule has 8 heteroatoms. The second kappa shape index (κ2) is 9.91. The van der Waals surface area contributed by atoms with Crippen LogP contribution in [0.2, 0.25) is 0 Å². The highest BCUT2D eigenvalue weighted by molar-refractivity contribution is 9.10. The lowest BCUT2D eigenvalue weighted by atomic mass is 10.1. The molecule has 0 radical (unpaired) electrons. The number of anilines is 1. The molecule has 0 aliphatic rings. The molecule has 2 amide bonds. The molecule has 2 N–H and O–H groups in total. The molecule has 0 spiro atoms. The minimum absolute atomic E-state index is 0.0217. The second-order valence-electron chi connectivity index (χ2n) is 5.98. The van der Waals surface area contributed by atoms with E-state index in [0.29, 0.717) is 11.4 Å². The van der Waals surface area contributed by atoms with E-state index in [1.807, 2.05) is 26.0 Å². The molecule has 0 saturated heterocycles. The van der Waals surface area contributed by atoms with Crippen LogP contribution in [0.4, 0.5) is 5.69 Å². The number of ether oxygens (including phenoxy) is 1. The molecule has 0 aliphatic carbocycles. The summed E-state index contributed by atoms with van der Waals surface area (Å²) in [6, 6.07) is 7.20. The minimum Gasteiger partial charge on any atom is -0.467 e. The van der Waals surface area contributed by atoms with Gasteiger partial charge in [0.05, 0.1) is 19.2 Å². The predicted octanol–water partition coefficient (Wildman–Crippen LogP) is 3.24. The van der Waals surface area contributed by atoms with E-state index in [1.54, 1.807) is 12.1 Å². The Morgan fingerprint density at radius 1 is 1.11 bits per heavy atom. The Morgan fingerprint density at radius 2 is 1.89 bits per heavy atom. The van der Waals surface area contributed by atoms with Crippen LogP contribution in [-0.4, -0.2) is 24.4 Å². The first-order valence-corrected chi connectivity index (χ1v) is 9.15. The van der Waals surface area contributed by atoms with Crippen molar-refractivity contribution in [3.63, 3.8) is 0 Å². The summed E-state index contributed by atoms with van der Waals surface area (Å²) in [5.74, 6) is -0.715. The maximum atomic E-state index is 11.9. The molecule has 1 heterocycles. The van der Waals surface area contributed by atoms with Gasteiger partial charge in [-0.05, 0) is 49.2 Å². The number of esters is 1. The van der Waals surface area contributed by atoms with Crippen molar-refractivity contribution in [2.75, 3.05) is 11.9 Å². The van der Waals surface area contributed by atoms with Crippen molar-refractivity contribution in [2.45, 2.75) is 33.2 Å². The summed E-state index contributed by atoms with van der Waals surface area (Å²) in [5.41, 5.74) is 2.53. The van der Waals surface area contributed by atoms with Gasteiger partial charge in [0.25, 0.3) is 5.91 Å². The summed E-state index contributed by atoms with van der Waals surface area (Å²) in [4.78, 5) is 35.3. The number of hydrogen-bond acceptors (Lipinski definition) is 5. The van der Waals surface area contributed by atoms with Crippen molar-refractivity contribution in [3.8, 4) is 0 Å². The molecular formula is C19H21BrN2O5. The Bertz CT molecular complexity index is 818. The van der Waals surface area contributed by atoms with Gasteiger partial charge in [-0.25, -0.2) is 0 Å². The van der Waals surface area contributed by atoms with Gasteiger partial charge in [0.1, 0.15) is 5.76 Å². The van der Waals surface area contributed by atoms with Crippen molar-refractivity contribution in [2.24, 2.45) is 0 Å². The number of amides is 2. The summed E-state index contributed by atoms with van der Waals surface area (Å²) in [6.45, 7) is 3.64. The zero-order valence-corrected chi connectivity index (χ0v) is 16.7. The molecule has 0 fully saturated rings. The number of carbonyl (C=O) groups is 3. The smallest absolute Gasteiger partial charge is 0.306 e. The molecule has 0 bridgehead atoms. The predicted molar refractivity (Wildman–Crippen MR) is 103 cm³/mol. The normalized spacial score (nSPS) is 10.3. The highest BCUT2D eigenvalue weighted by Crippen LogP contribution is 2.24. The summed E-state index contributed by atoms with van der Waals surface area (Å²) in [7, 11) is 0. The topological polar surface area (TPSA) is 97.6 Å². The van der Waals surface area contributed by atoms with E-state index in [4.69, 9.17) is 9.15 Å². The standard InChI is InChI=1S/C19H21BrN2O5/c1-12-9-16(13(2)8-15(12)20)22-18(24)11-27-19(25)6-5-17(23)21-10-14-4-3-7-26-14/h3-4,7-9H,5-6,10-11H2,1-2H3,(H,21,23)(H,22,24). The van der Waals surface area contributed by atoms with Gasteiger partial charge in [0, 0.05) is 16.6 Å². The van der Waals surface area contributed by atoms with E-state index < -0.39 is 18.5 Å². The van der Waals surface area contributed by atoms with Crippen LogP contribution >= 0.6 is 15.9 Å². The fourth-order valence-corrected chi connectivity index (χ4v) is 2.68. The van der Waals surface area contributed by atoms with Crippen molar-refractivity contribution in [1.82, 2.24) is 5.32 Å². The van der Waals surface area contributed by atoms with Gasteiger partial charge in [-0.1, -0.05) is 15.9 Å². The number of hydrogen-bond donors (Lipinski definition) is 2. The number of carbonyl (C=O) groups excluding carboxylic acids is 3. The number of benzene rings is 1. The molecule has 7 nitrogen and oxygen atoms in total. The van der Waals surface area contributed by atoms with Crippen LogP contribution in [0, 0.1) is 13.8 Å². The van der Waals surface area contributed by atoms with Gasteiger partial charge in [0.2, 0.25) is 5.91 Å². The van der Waals surface area contributed by atoms with Gasteiger partial charge >= 0.3 is 5.97 Å². The molecule has 0 saturated carbocycles. The van der Waals surface area contributed by atoms with Crippen molar-refractivity contribution in [3.05, 3.63) is 51.9 Å². The fourth-order valence-electron chi connectivity index (χ4n) is 2.22. The summed E-state index contributed by atoms with van der Waals surface area (Å²) in [6.07, 6.45) is 1.39. The van der Waals surface area contributed by atoms with Crippen LogP contribution < -0.4 is 10.6 Å². The summed E-state index contributed by atoms with van der Waals surface area (Å²) in [5, 5.41) is 5.34.